The molecule has 1 aromatic carbocycles. The zero-order valence-electron chi connectivity index (χ0n) is 11.6. The molecule has 1 aliphatic rings. The molecule has 2 heterocycles. The summed E-state index contributed by atoms with van der Waals surface area (Å²) in [5.74, 6) is 0. The second kappa shape index (κ2) is 5.32. The first-order chi connectivity index (χ1) is 10.7. The molecule has 0 fully saturated rings. The summed E-state index contributed by atoms with van der Waals surface area (Å²) in [6.07, 6.45) is -3.08. The number of halogens is 3. The van der Waals surface area contributed by atoms with Crippen LogP contribution in [0.2, 0.25) is 0 Å². The van der Waals surface area contributed by atoms with Crippen LogP contribution in [0.1, 0.15) is 22.9 Å². The Bertz CT molecular complexity index is 815. The lowest BCUT2D eigenvalue weighted by molar-refractivity contribution is -0.137. The van der Waals surface area contributed by atoms with Crippen LogP contribution in [0.25, 0.3) is 0 Å². The van der Waals surface area contributed by atoms with Crippen molar-refractivity contribution in [2.45, 2.75) is 23.7 Å². The number of sulfonamides is 1. The number of alkyl halides is 3. The Morgan fingerprint density at radius 2 is 1.96 bits per heavy atom. The summed E-state index contributed by atoms with van der Waals surface area (Å²) in [6.45, 7) is -0.463. The van der Waals surface area contributed by atoms with E-state index < -0.39 is 34.4 Å². The van der Waals surface area contributed by atoms with Gasteiger partial charge in [0.2, 0.25) is 10.0 Å². The van der Waals surface area contributed by atoms with Crippen molar-refractivity contribution in [1.29, 1.82) is 0 Å². The molecule has 0 radical (unpaired) electrons. The van der Waals surface area contributed by atoms with Gasteiger partial charge in [0.15, 0.2) is 0 Å². The molecule has 6 nitrogen and oxygen atoms in total. The van der Waals surface area contributed by atoms with Crippen molar-refractivity contribution in [2.75, 3.05) is 6.61 Å². The molecular formula is C13H12F3N3O3S. The molecule has 0 aliphatic carbocycles. The largest absolute Gasteiger partial charge is 0.416 e. The van der Waals surface area contributed by atoms with E-state index in [2.05, 4.69) is 10.2 Å². The van der Waals surface area contributed by atoms with Crippen LogP contribution in [0.15, 0.2) is 35.4 Å². The summed E-state index contributed by atoms with van der Waals surface area (Å²) in [5, 5.41) is 15.9. The predicted octanol–water partition coefficient (Wildman–Crippen LogP) is 1.67. The van der Waals surface area contributed by atoms with Crippen LogP contribution in [0.5, 0.6) is 0 Å². The van der Waals surface area contributed by atoms with E-state index in [1.807, 2.05) is 0 Å². The van der Waals surface area contributed by atoms with Gasteiger partial charge in [-0.25, -0.2) is 8.42 Å². The highest BCUT2D eigenvalue weighted by Crippen LogP contribution is 2.37. The number of H-pyrrole nitrogens is 1. The predicted molar refractivity (Wildman–Crippen MR) is 72.6 cm³/mol. The lowest BCUT2D eigenvalue weighted by Crippen LogP contribution is -2.32. The van der Waals surface area contributed by atoms with Crippen molar-refractivity contribution in [3.8, 4) is 0 Å². The average Bonchev–Trinajstić information content (AvgIpc) is 3.06. The molecule has 2 N–H and O–H groups in total. The maximum absolute atomic E-state index is 12.6. The van der Waals surface area contributed by atoms with E-state index in [9.17, 15) is 26.7 Å². The Labute approximate surface area is 129 Å². The van der Waals surface area contributed by atoms with Gasteiger partial charge in [-0.3, -0.25) is 5.10 Å². The Morgan fingerprint density at radius 1 is 1.30 bits per heavy atom. The van der Waals surface area contributed by atoms with Gasteiger partial charge in [-0.1, -0.05) is 0 Å². The van der Waals surface area contributed by atoms with Gasteiger partial charge in [-0.15, -0.1) is 0 Å². The lowest BCUT2D eigenvalue weighted by Gasteiger charge is -2.23. The number of aliphatic hydroxyl groups excluding tert-OH is 1. The first kappa shape index (κ1) is 16.0. The van der Waals surface area contributed by atoms with E-state index in [0.29, 0.717) is 11.3 Å². The van der Waals surface area contributed by atoms with Crippen molar-refractivity contribution >= 4 is 10.0 Å². The van der Waals surface area contributed by atoms with Crippen LogP contribution in [0.4, 0.5) is 13.2 Å². The Balaban J connectivity index is 1.95. The minimum absolute atomic E-state index is 0.000412. The molecule has 10 heteroatoms. The number of nitrogens with zero attached hydrogens (tertiary/aromatic N) is 2. The number of nitrogens with one attached hydrogen (secondary N) is 1. The fourth-order valence-electron chi connectivity index (χ4n) is 2.54. The monoisotopic (exact) mass is 347 g/mol. The van der Waals surface area contributed by atoms with E-state index in [0.717, 1.165) is 28.6 Å². The molecule has 1 unspecified atom stereocenters. The minimum atomic E-state index is -4.54. The number of rotatable bonds is 3. The SMILES string of the molecule is O=S(=O)(c1ccc(C(F)(F)F)cc1)N1Cc2cn[nH]c2C1CO. The summed E-state index contributed by atoms with van der Waals surface area (Å²) in [5.41, 5.74) is 0.188. The van der Waals surface area contributed by atoms with E-state index in [-0.39, 0.29) is 11.4 Å². The number of aromatic nitrogens is 2. The van der Waals surface area contributed by atoms with E-state index in [1.165, 1.54) is 6.20 Å². The van der Waals surface area contributed by atoms with Crippen LogP contribution < -0.4 is 0 Å². The van der Waals surface area contributed by atoms with Gasteiger partial charge < -0.3 is 5.11 Å². The lowest BCUT2D eigenvalue weighted by atomic mass is 10.2. The van der Waals surface area contributed by atoms with Crippen LogP contribution in [0, 0.1) is 0 Å². The number of hydrogen-bond donors (Lipinski definition) is 2. The van der Waals surface area contributed by atoms with Crippen molar-refractivity contribution < 1.29 is 26.7 Å². The highest BCUT2D eigenvalue weighted by atomic mass is 32.2. The number of fused-ring (bicyclic) bond motifs is 1. The van der Waals surface area contributed by atoms with Crippen LogP contribution in [0.3, 0.4) is 0 Å². The van der Waals surface area contributed by atoms with E-state index >= 15 is 0 Å². The molecule has 0 bridgehead atoms. The summed E-state index contributed by atoms with van der Waals surface area (Å²) < 4.78 is 64.0. The van der Waals surface area contributed by atoms with Crippen molar-refractivity contribution in [3.05, 3.63) is 47.3 Å². The van der Waals surface area contributed by atoms with Crippen molar-refractivity contribution in [2.24, 2.45) is 0 Å². The molecule has 0 spiro atoms. The maximum atomic E-state index is 12.6. The molecule has 0 amide bonds. The van der Waals surface area contributed by atoms with Crippen molar-refractivity contribution in [1.82, 2.24) is 14.5 Å². The highest BCUT2D eigenvalue weighted by Gasteiger charge is 2.40. The first-order valence-corrected chi connectivity index (χ1v) is 8.01. The topological polar surface area (TPSA) is 86.3 Å². The number of aromatic amines is 1. The Kier molecular flexibility index (Phi) is 3.69. The third-order valence-electron chi connectivity index (χ3n) is 3.72. The molecule has 2 aromatic rings. The number of aliphatic hydroxyl groups is 1. The summed E-state index contributed by atoms with van der Waals surface area (Å²) in [6, 6.07) is 2.43. The molecule has 3 rings (SSSR count). The minimum Gasteiger partial charge on any atom is -0.394 e. The maximum Gasteiger partial charge on any atom is 0.416 e. The van der Waals surface area contributed by atoms with E-state index in [1.54, 1.807) is 0 Å². The second-order valence-corrected chi connectivity index (χ2v) is 6.97. The molecule has 0 saturated heterocycles. The zero-order valence-corrected chi connectivity index (χ0v) is 12.4. The molecule has 0 saturated carbocycles. The quantitative estimate of drug-likeness (QED) is 0.884. The smallest absolute Gasteiger partial charge is 0.394 e. The second-order valence-electron chi connectivity index (χ2n) is 5.08. The average molecular weight is 347 g/mol. The number of hydrogen-bond acceptors (Lipinski definition) is 4. The third-order valence-corrected chi connectivity index (χ3v) is 5.59. The standard InChI is InChI=1S/C13H12F3N3O3S/c14-13(15,16)9-1-3-10(4-2-9)23(21,22)19-6-8-5-17-18-12(8)11(19)7-20/h1-5,11,20H,6-7H2,(H,17,18). The Hall–Kier alpha value is -1.91. The molecule has 23 heavy (non-hydrogen) atoms. The first-order valence-electron chi connectivity index (χ1n) is 6.57. The fourth-order valence-corrected chi connectivity index (χ4v) is 4.11. The Morgan fingerprint density at radius 3 is 2.52 bits per heavy atom. The summed E-state index contributed by atoms with van der Waals surface area (Å²) >= 11 is 0. The van der Waals surface area contributed by atoms with Gasteiger partial charge in [-0.05, 0) is 24.3 Å². The summed E-state index contributed by atoms with van der Waals surface area (Å²) in [4.78, 5) is -0.262. The van der Waals surface area contributed by atoms with Gasteiger partial charge in [0.25, 0.3) is 0 Å². The zero-order chi connectivity index (χ0) is 16.8. The molecular weight excluding hydrogens is 335 g/mol. The van der Waals surface area contributed by atoms with Crippen LogP contribution in [-0.2, 0) is 22.7 Å². The van der Waals surface area contributed by atoms with Crippen LogP contribution >= 0.6 is 0 Å². The van der Waals surface area contributed by atoms with Gasteiger partial charge in [0, 0.05) is 12.1 Å². The fraction of sp³-hybridized carbons (Fsp3) is 0.308. The summed E-state index contributed by atoms with van der Waals surface area (Å²) in [7, 11) is -4.04. The highest BCUT2D eigenvalue weighted by molar-refractivity contribution is 7.89. The van der Waals surface area contributed by atoms with Gasteiger partial charge in [0.1, 0.15) is 0 Å². The molecule has 1 aromatic heterocycles. The van der Waals surface area contributed by atoms with Gasteiger partial charge >= 0.3 is 6.18 Å². The van der Waals surface area contributed by atoms with Crippen molar-refractivity contribution in [3.63, 3.8) is 0 Å². The van der Waals surface area contributed by atoms with Gasteiger partial charge in [-0.2, -0.15) is 22.6 Å². The van der Waals surface area contributed by atoms with Gasteiger partial charge in [0.05, 0.1) is 35.0 Å². The normalized spacial score (nSPS) is 19.0. The third kappa shape index (κ3) is 2.62. The number of benzene rings is 1. The molecule has 1 atom stereocenters. The molecule has 1 aliphatic heterocycles. The molecule has 124 valence electrons. The van der Waals surface area contributed by atoms with Crippen LogP contribution in [-0.4, -0.2) is 34.6 Å². The van der Waals surface area contributed by atoms with E-state index in [4.69, 9.17) is 0 Å².